The van der Waals surface area contributed by atoms with Gasteiger partial charge in [0.1, 0.15) is 0 Å². The van der Waals surface area contributed by atoms with Gasteiger partial charge < -0.3 is 4.74 Å². The molecule has 0 fully saturated rings. The molecule has 0 saturated heterocycles. The van der Waals surface area contributed by atoms with Crippen molar-refractivity contribution in [2.24, 2.45) is 0 Å². The maximum absolute atomic E-state index is 11.2. The van der Waals surface area contributed by atoms with Crippen LogP contribution in [0.25, 0.3) is 0 Å². The van der Waals surface area contributed by atoms with Crippen molar-refractivity contribution >= 4 is 16.8 Å². The van der Waals surface area contributed by atoms with Gasteiger partial charge in [0.05, 0.1) is 12.8 Å². The van der Waals surface area contributed by atoms with Gasteiger partial charge in [0.15, 0.2) is 0 Å². The average Bonchev–Trinajstić information content (AvgIpc) is 2.27. The van der Waals surface area contributed by atoms with Crippen molar-refractivity contribution in [3.63, 3.8) is 0 Å². The van der Waals surface area contributed by atoms with Crippen molar-refractivity contribution < 1.29 is 9.53 Å². The third kappa shape index (κ3) is 3.45. The first-order valence-corrected chi connectivity index (χ1v) is 6.50. The van der Waals surface area contributed by atoms with Crippen LogP contribution < -0.4 is 4.74 Å². The molecule has 1 heterocycles. The van der Waals surface area contributed by atoms with E-state index in [9.17, 15) is 4.79 Å². The summed E-state index contributed by atoms with van der Waals surface area (Å²) in [6, 6.07) is 1.89. The molecule has 4 heteroatoms. The molecule has 0 radical (unpaired) electrons. The molecule has 0 aliphatic rings. The molecule has 0 saturated carbocycles. The molecule has 0 aliphatic heterocycles. The van der Waals surface area contributed by atoms with Crippen molar-refractivity contribution in [1.29, 1.82) is 0 Å². The van der Waals surface area contributed by atoms with E-state index in [1.54, 1.807) is 7.11 Å². The number of ether oxygens (including phenoxy) is 1. The minimum Gasteiger partial charge on any atom is -0.481 e. The third-order valence-electron chi connectivity index (χ3n) is 2.86. The smallest absolute Gasteiger partial charge is 0.226 e. The molecule has 100 valence electrons. The van der Waals surface area contributed by atoms with Crippen LogP contribution in [0, 0.1) is 0 Å². The first kappa shape index (κ1) is 15.0. The lowest BCUT2D eigenvalue weighted by atomic mass is 9.91. The lowest BCUT2D eigenvalue weighted by Gasteiger charge is -2.19. The molecule has 0 N–H and O–H groups in total. The van der Waals surface area contributed by atoms with Gasteiger partial charge in [-0.3, -0.25) is 4.79 Å². The van der Waals surface area contributed by atoms with Crippen LogP contribution in [-0.4, -0.2) is 17.3 Å². The van der Waals surface area contributed by atoms with E-state index in [1.807, 2.05) is 19.9 Å². The zero-order chi connectivity index (χ0) is 13.9. The Morgan fingerprint density at radius 1 is 1.33 bits per heavy atom. The van der Waals surface area contributed by atoms with Gasteiger partial charge in [-0.05, 0) is 34.6 Å². The van der Waals surface area contributed by atoms with Gasteiger partial charge in [-0.15, -0.1) is 0 Å². The molecular weight excluding hydrogens is 250 g/mol. The fourth-order valence-electron chi connectivity index (χ4n) is 2.02. The highest BCUT2D eigenvalue weighted by Crippen LogP contribution is 2.30. The van der Waals surface area contributed by atoms with E-state index in [0.29, 0.717) is 11.8 Å². The number of hydrogen-bond acceptors (Lipinski definition) is 3. The number of carbonyl (C=O) groups is 1. The van der Waals surface area contributed by atoms with Gasteiger partial charge in [-0.2, -0.15) is 0 Å². The van der Waals surface area contributed by atoms with Gasteiger partial charge in [-0.1, -0.05) is 27.7 Å². The predicted molar refractivity (Wildman–Crippen MR) is 73.5 cm³/mol. The summed E-state index contributed by atoms with van der Waals surface area (Å²) < 4.78 is 5.23. The van der Waals surface area contributed by atoms with Crippen molar-refractivity contribution in [2.45, 2.75) is 46.0 Å². The summed E-state index contributed by atoms with van der Waals surface area (Å²) >= 11 is 5.54. The number of rotatable bonds is 5. The second-order valence-electron chi connectivity index (χ2n) is 4.96. The number of methoxy groups -OCH3 is 1. The highest BCUT2D eigenvalue weighted by atomic mass is 35.5. The Bertz CT molecular complexity index is 412. The van der Waals surface area contributed by atoms with Gasteiger partial charge in [0, 0.05) is 12.5 Å². The lowest BCUT2D eigenvalue weighted by Crippen LogP contribution is -2.10. The molecule has 0 unspecified atom stereocenters. The van der Waals surface area contributed by atoms with Crippen LogP contribution in [0.2, 0.25) is 0 Å². The number of pyridine rings is 1. The zero-order valence-corrected chi connectivity index (χ0v) is 12.3. The monoisotopic (exact) mass is 269 g/mol. The molecule has 18 heavy (non-hydrogen) atoms. The van der Waals surface area contributed by atoms with Crippen LogP contribution >= 0.6 is 11.6 Å². The second kappa shape index (κ2) is 6.19. The zero-order valence-electron chi connectivity index (χ0n) is 11.6. The van der Waals surface area contributed by atoms with Crippen LogP contribution in [0.3, 0.4) is 0 Å². The Balaban J connectivity index is 3.44. The maximum Gasteiger partial charge on any atom is 0.226 e. The van der Waals surface area contributed by atoms with Crippen molar-refractivity contribution in [3.8, 4) is 5.88 Å². The molecule has 0 atom stereocenters. The Kier molecular flexibility index (Phi) is 5.15. The lowest BCUT2D eigenvalue weighted by molar-refractivity contribution is -0.111. The molecule has 0 aromatic carbocycles. The Morgan fingerprint density at radius 3 is 2.33 bits per heavy atom. The van der Waals surface area contributed by atoms with E-state index in [1.165, 1.54) is 0 Å². The summed E-state index contributed by atoms with van der Waals surface area (Å²) in [6.07, 6.45) is 0.222. The fourth-order valence-corrected chi connectivity index (χ4v) is 2.15. The summed E-state index contributed by atoms with van der Waals surface area (Å²) in [5.41, 5.74) is 2.92. The summed E-state index contributed by atoms with van der Waals surface area (Å²) in [7, 11) is 1.60. The third-order valence-corrected chi connectivity index (χ3v) is 2.99. The largest absolute Gasteiger partial charge is 0.481 e. The van der Waals surface area contributed by atoms with E-state index in [4.69, 9.17) is 16.3 Å². The van der Waals surface area contributed by atoms with Gasteiger partial charge in [-0.25, -0.2) is 4.98 Å². The summed E-state index contributed by atoms with van der Waals surface area (Å²) in [6.45, 7) is 8.27. The predicted octanol–water partition coefficient (Wildman–Crippen LogP) is 3.64. The van der Waals surface area contributed by atoms with Gasteiger partial charge in [0.2, 0.25) is 11.1 Å². The van der Waals surface area contributed by atoms with E-state index < -0.39 is 0 Å². The molecule has 0 aliphatic carbocycles. The van der Waals surface area contributed by atoms with Crippen molar-refractivity contribution in [2.75, 3.05) is 7.11 Å². The Hall–Kier alpha value is -1.09. The SMILES string of the molecule is COc1cc(C(C)C)c(CC(=O)Cl)c(C(C)C)n1. The fraction of sp³-hybridized carbons (Fsp3) is 0.571. The Morgan fingerprint density at radius 2 is 1.94 bits per heavy atom. The molecule has 3 nitrogen and oxygen atoms in total. The number of carbonyl (C=O) groups excluding carboxylic acids is 1. The van der Waals surface area contributed by atoms with E-state index in [2.05, 4.69) is 18.8 Å². The number of nitrogens with zero attached hydrogens (tertiary/aromatic N) is 1. The quantitative estimate of drug-likeness (QED) is 0.766. The van der Waals surface area contributed by atoms with Crippen LogP contribution in [0.5, 0.6) is 5.88 Å². The molecule has 0 spiro atoms. The summed E-state index contributed by atoms with van der Waals surface area (Å²) in [5, 5.41) is -0.356. The minimum absolute atomic E-state index is 0.222. The normalized spacial score (nSPS) is 11.1. The molecule has 0 amide bonds. The number of hydrogen-bond donors (Lipinski definition) is 0. The standard InChI is InChI=1S/C14H20ClNO2/c1-8(2)10-7-13(18-5)16-14(9(3)4)11(10)6-12(15)17/h7-9H,6H2,1-5H3. The molecule has 1 aromatic heterocycles. The topological polar surface area (TPSA) is 39.2 Å². The van der Waals surface area contributed by atoms with E-state index in [0.717, 1.165) is 16.8 Å². The highest BCUT2D eigenvalue weighted by molar-refractivity contribution is 6.63. The molecule has 1 aromatic rings. The second-order valence-corrected chi connectivity index (χ2v) is 5.38. The van der Waals surface area contributed by atoms with Crippen LogP contribution in [0.1, 0.15) is 56.4 Å². The van der Waals surface area contributed by atoms with E-state index in [-0.39, 0.29) is 17.6 Å². The average molecular weight is 270 g/mol. The Labute approximate surface area is 114 Å². The summed E-state index contributed by atoms with van der Waals surface area (Å²) in [4.78, 5) is 15.7. The minimum atomic E-state index is -0.356. The van der Waals surface area contributed by atoms with Gasteiger partial charge >= 0.3 is 0 Å². The first-order chi connectivity index (χ1) is 8.36. The first-order valence-electron chi connectivity index (χ1n) is 6.12. The molecular formula is C14H20ClNO2. The number of aromatic nitrogens is 1. The van der Waals surface area contributed by atoms with Crippen LogP contribution in [0.4, 0.5) is 0 Å². The molecule has 0 bridgehead atoms. The van der Waals surface area contributed by atoms with Gasteiger partial charge in [0.25, 0.3) is 0 Å². The molecule has 1 rings (SSSR count). The maximum atomic E-state index is 11.2. The van der Waals surface area contributed by atoms with Crippen molar-refractivity contribution in [3.05, 3.63) is 22.9 Å². The van der Waals surface area contributed by atoms with E-state index >= 15 is 0 Å². The van der Waals surface area contributed by atoms with Crippen LogP contribution in [0.15, 0.2) is 6.07 Å². The number of halogens is 1. The van der Waals surface area contributed by atoms with Crippen LogP contribution in [-0.2, 0) is 11.2 Å². The summed E-state index contributed by atoms with van der Waals surface area (Å²) in [5.74, 6) is 1.11. The highest BCUT2D eigenvalue weighted by Gasteiger charge is 2.19. The van der Waals surface area contributed by atoms with Crippen molar-refractivity contribution in [1.82, 2.24) is 4.98 Å².